The van der Waals surface area contributed by atoms with E-state index in [1.807, 2.05) is 0 Å². The zero-order chi connectivity index (χ0) is 15.6. The molecule has 0 radical (unpaired) electrons. The van der Waals surface area contributed by atoms with Gasteiger partial charge in [0.2, 0.25) is 5.95 Å². The van der Waals surface area contributed by atoms with Crippen molar-refractivity contribution < 1.29 is 22.3 Å². The lowest BCUT2D eigenvalue weighted by Gasteiger charge is -2.18. The quantitative estimate of drug-likeness (QED) is 0.837. The lowest BCUT2D eigenvalue weighted by molar-refractivity contribution is -0.253. The molecule has 0 amide bonds. The van der Waals surface area contributed by atoms with Crippen molar-refractivity contribution in [1.82, 2.24) is 15.2 Å². The number of nitrogens with zero attached hydrogens (tertiary/aromatic N) is 3. The minimum atomic E-state index is -4.65. The number of para-hydroxylation sites is 1. The average Bonchev–Trinajstić information content (AvgIpc) is 2.39. The summed E-state index contributed by atoms with van der Waals surface area (Å²) in [6, 6.07) is 5.16. The maximum Gasteiger partial charge on any atom is 0.461 e. The van der Waals surface area contributed by atoms with Crippen LogP contribution in [0, 0.1) is 0 Å². The highest BCUT2D eigenvalue weighted by atomic mass is 19.3. The van der Waals surface area contributed by atoms with Gasteiger partial charge < -0.3 is 16.2 Å². The van der Waals surface area contributed by atoms with Crippen molar-refractivity contribution in [2.24, 2.45) is 0 Å². The van der Waals surface area contributed by atoms with E-state index in [1.54, 1.807) is 0 Å². The number of anilines is 2. The molecule has 1 aromatic heterocycles. The maximum atomic E-state index is 13.0. The third kappa shape index (κ3) is 3.09. The molecule has 0 aliphatic heterocycles. The first-order valence-electron chi connectivity index (χ1n) is 5.51. The highest BCUT2D eigenvalue weighted by Crippen LogP contribution is 2.35. The van der Waals surface area contributed by atoms with Crippen LogP contribution in [0.15, 0.2) is 24.3 Å². The zero-order valence-corrected chi connectivity index (χ0v) is 10.3. The highest BCUT2D eigenvalue weighted by Gasteiger charge is 2.44. The number of ether oxygens (including phenoxy) is 1. The summed E-state index contributed by atoms with van der Waals surface area (Å²) in [7, 11) is 0. The molecule has 4 N–H and O–H groups in total. The summed E-state index contributed by atoms with van der Waals surface area (Å²) in [5.74, 6) is -0.943. The van der Waals surface area contributed by atoms with Crippen LogP contribution < -0.4 is 16.2 Å². The van der Waals surface area contributed by atoms with E-state index in [0.717, 1.165) is 6.07 Å². The average molecular weight is 303 g/mol. The molecule has 0 saturated carbocycles. The molecule has 0 aliphatic rings. The molecule has 0 saturated heterocycles. The zero-order valence-electron chi connectivity index (χ0n) is 10.3. The van der Waals surface area contributed by atoms with Gasteiger partial charge in [0.15, 0.2) is 5.82 Å². The van der Waals surface area contributed by atoms with Crippen molar-refractivity contribution >= 4 is 11.8 Å². The molecule has 2 rings (SSSR count). The van der Waals surface area contributed by atoms with Gasteiger partial charge >= 0.3 is 12.5 Å². The number of aromatic nitrogens is 3. The van der Waals surface area contributed by atoms with E-state index in [0.29, 0.717) is 0 Å². The molecule has 0 unspecified atom stereocenters. The molecular weight excluding hydrogens is 294 g/mol. The van der Waals surface area contributed by atoms with Gasteiger partial charge in [-0.3, -0.25) is 0 Å². The van der Waals surface area contributed by atoms with Gasteiger partial charge in [-0.1, -0.05) is 12.1 Å². The van der Waals surface area contributed by atoms with Crippen LogP contribution in [0.2, 0.25) is 0 Å². The smallest absolute Gasteiger partial charge is 0.428 e. The van der Waals surface area contributed by atoms with Crippen LogP contribution in [0.3, 0.4) is 0 Å². The molecule has 6 nitrogen and oxygen atoms in total. The number of nitrogens with two attached hydrogens (primary N) is 2. The van der Waals surface area contributed by atoms with Crippen molar-refractivity contribution in [1.29, 1.82) is 0 Å². The third-order valence-electron chi connectivity index (χ3n) is 2.37. The van der Waals surface area contributed by atoms with Crippen LogP contribution in [0.1, 0.15) is 0 Å². The molecule has 112 valence electrons. The summed E-state index contributed by atoms with van der Waals surface area (Å²) in [6.07, 6.45) is -8.64. The van der Waals surface area contributed by atoms with E-state index in [4.69, 9.17) is 11.5 Å². The lowest BCUT2D eigenvalue weighted by atomic mass is 10.1. The van der Waals surface area contributed by atoms with Crippen LogP contribution >= 0.6 is 0 Å². The van der Waals surface area contributed by atoms with E-state index in [9.17, 15) is 17.6 Å². The second-order valence-electron chi connectivity index (χ2n) is 3.86. The van der Waals surface area contributed by atoms with Gasteiger partial charge in [-0.2, -0.15) is 22.5 Å². The minimum Gasteiger partial charge on any atom is -0.428 e. The number of benzene rings is 1. The molecule has 0 spiro atoms. The fraction of sp³-hybridized carbons (Fsp3) is 0.182. The highest BCUT2D eigenvalue weighted by molar-refractivity contribution is 5.75. The Kier molecular flexibility index (Phi) is 3.78. The third-order valence-corrected chi connectivity index (χ3v) is 2.37. The Balaban J connectivity index is 2.46. The molecule has 0 fully saturated rings. The Labute approximate surface area is 115 Å². The van der Waals surface area contributed by atoms with Gasteiger partial charge in [-0.15, -0.1) is 10.2 Å². The fourth-order valence-electron chi connectivity index (χ4n) is 1.49. The number of nitrogen functional groups attached to an aromatic ring is 2. The second kappa shape index (κ2) is 5.38. The molecule has 0 bridgehead atoms. The second-order valence-corrected chi connectivity index (χ2v) is 3.86. The lowest BCUT2D eigenvalue weighted by Crippen LogP contribution is -2.33. The van der Waals surface area contributed by atoms with Crippen molar-refractivity contribution in [3.63, 3.8) is 0 Å². The topological polar surface area (TPSA) is 99.9 Å². The normalized spacial score (nSPS) is 11.7. The van der Waals surface area contributed by atoms with Crippen molar-refractivity contribution in [2.75, 3.05) is 11.5 Å². The number of hydrogen-bond donors (Lipinski definition) is 2. The van der Waals surface area contributed by atoms with Crippen molar-refractivity contribution in [3.8, 4) is 17.0 Å². The first-order valence-corrected chi connectivity index (χ1v) is 5.51. The predicted octanol–water partition coefficient (Wildman–Crippen LogP) is 1.94. The van der Waals surface area contributed by atoms with Crippen LogP contribution in [0.4, 0.5) is 29.3 Å². The van der Waals surface area contributed by atoms with Crippen LogP contribution in [0.5, 0.6) is 5.75 Å². The van der Waals surface area contributed by atoms with E-state index in [-0.39, 0.29) is 23.0 Å². The molecule has 1 heterocycles. The Hall–Kier alpha value is -2.65. The van der Waals surface area contributed by atoms with Gasteiger partial charge in [-0.25, -0.2) is 0 Å². The summed E-state index contributed by atoms with van der Waals surface area (Å²) in [5, 5.41) is 7.04. The Morgan fingerprint density at radius 1 is 1.10 bits per heavy atom. The van der Waals surface area contributed by atoms with Crippen LogP contribution in [-0.4, -0.2) is 27.7 Å². The van der Waals surface area contributed by atoms with E-state index < -0.39 is 18.3 Å². The molecular formula is C11H9F4N5O. The largest absolute Gasteiger partial charge is 0.461 e. The van der Waals surface area contributed by atoms with E-state index in [1.165, 1.54) is 18.2 Å². The molecule has 21 heavy (non-hydrogen) atoms. The van der Waals surface area contributed by atoms with Gasteiger partial charge in [0.25, 0.3) is 0 Å². The van der Waals surface area contributed by atoms with Crippen molar-refractivity contribution in [3.05, 3.63) is 24.3 Å². The Bertz CT molecular complexity index is 652. The number of halogens is 4. The first kappa shape index (κ1) is 14.8. The number of rotatable bonds is 4. The van der Waals surface area contributed by atoms with Gasteiger partial charge in [0.1, 0.15) is 11.4 Å². The minimum absolute atomic E-state index is 0.0599. The predicted molar refractivity (Wildman–Crippen MR) is 65.7 cm³/mol. The van der Waals surface area contributed by atoms with Crippen molar-refractivity contribution in [2.45, 2.75) is 12.5 Å². The molecule has 1 aromatic carbocycles. The number of hydrogen-bond acceptors (Lipinski definition) is 6. The van der Waals surface area contributed by atoms with Gasteiger partial charge in [-0.05, 0) is 12.1 Å². The van der Waals surface area contributed by atoms with E-state index >= 15 is 0 Å². The summed E-state index contributed by atoms with van der Waals surface area (Å²) in [5.41, 5.74) is 10.7. The summed E-state index contributed by atoms with van der Waals surface area (Å²) in [4.78, 5) is 3.61. The van der Waals surface area contributed by atoms with Gasteiger partial charge in [0, 0.05) is 5.56 Å². The monoisotopic (exact) mass is 303 g/mol. The van der Waals surface area contributed by atoms with Crippen LogP contribution in [0.25, 0.3) is 11.3 Å². The summed E-state index contributed by atoms with van der Waals surface area (Å²) in [6.45, 7) is 0. The number of alkyl halides is 4. The molecule has 10 heteroatoms. The Morgan fingerprint density at radius 2 is 1.76 bits per heavy atom. The standard InChI is InChI=1S/C11H9F4N5O/c12-9(13)11(14,15)21-6-4-2-1-3-5(6)7-8(16)18-10(17)20-19-7/h1-4,9H,(H4,16,17,18,20). The van der Waals surface area contributed by atoms with Crippen LogP contribution in [-0.2, 0) is 0 Å². The van der Waals surface area contributed by atoms with E-state index in [2.05, 4.69) is 19.9 Å². The summed E-state index contributed by atoms with van der Waals surface area (Å²) < 4.78 is 54.5. The fourth-order valence-corrected chi connectivity index (χ4v) is 1.49. The summed E-state index contributed by atoms with van der Waals surface area (Å²) >= 11 is 0. The molecule has 0 aliphatic carbocycles. The Morgan fingerprint density at radius 3 is 2.38 bits per heavy atom. The molecule has 0 atom stereocenters. The SMILES string of the molecule is Nc1nnc(-c2ccccc2OC(F)(F)C(F)F)c(N)n1. The maximum absolute atomic E-state index is 13.0. The van der Waals surface area contributed by atoms with Gasteiger partial charge in [0.05, 0.1) is 0 Å². The first-order chi connectivity index (χ1) is 9.81. The molecule has 2 aromatic rings.